The molecule has 0 atom stereocenters. The summed E-state index contributed by atoms with van der Waals surface area (Å²) < 4.78 is 1.02. The molecule has 0 aliphatic heterocycles. The molecular formula is C6H5Cl3IN. The van der Waals surface area contributed by atoms with Gasteiger partial charge in [-0.05, 0) is 28.7 Å². The van der Waals surface area contributed by atoms with Gasteiger partial charge in [0.1, 0.15) is 0 Å². The van der Waals surface area contributed by atoms with E-state index in [-0.39, 0.29) is 12.4 Å². The molecule has 0 aromatic carbocycles. The van der Waals surface area contributed by atoms with Gasteiger partial charge in [0.25, 0.3) is 0 Å². The third-order valence-electron chi connectivity index (χ3n) is 1.01. The molecule has 1 aromatic heterocycles. The molecule has 62 valence electrons. The molecule has 1 rings (SSSR count). The first-order chi connectivity index (χ1) is 4.74. The van der Waals surface area contributed by atoms with Gasteiger partial charge in [0, 0.05) is 9.77 Å². The van der Waals surface area contributed by atoms with Crippen molar-refractivity contribution in [3.8, 4) is 0 Å². The number of pyridine rings is 1. The van der Waals surface area contributed by atoms with Crippen LogP contribution in [0.4, 0.5) is 0 Å². The maximum absolute atomic E-state index is 5.78. The molecule has 0 N–H and O–H groups in total. The summed E-state index contributed by atoms with van der Waals surface area (Å²) in [6, 6.07) is 1.84. The first-order valence-electron chi connectivity index (χ1n) is 2.60. The van der Waals surface area contributed by atoms with Gasteiger partial charge in [0.2, 0.25) is 0 Å². The maximum Gasteiger partial charge on any atom is 0.0738 e. The molecule has 11 heavy (non-hydrogen) atoms. The lowest BCUT2D eigenvalue weighted by Gasteiger charge is -1.97. The normalized spacial score (nSPS) is 9.00. The van der Waals surface area contributed by atoms with E-state index in [0.717, 1.165) is 9.26 Å². The fraction of sp³-hybridized carbons (Fsp3) is 0.167. The Kier molecular flexibility index (Phi) is 5.77. The largest absolute Gasteiger partial charge is 0.257 e. The molecule has 0 bridgehead atoms. The summed E-state index contributed by atoms with van der Waals surface area (Å²) in [7, 11) is 0. The average molecular weight is 324 g/mol. The zero-order valence-corrected chi connectivity index (χ0v) is 9.84. The molecule has 1 aromatic rings. The highest BCUT2D eigenvalue weighted by atomic mass is 127. The average Bonchev–Trinajstić information content (AvgIpc) is 1.88. The van der Waals surface area contributed by atoms with Gasteiger partial charge in [0.15, 0.2) is 0 Å². The first-order valence-corrected chi connectivity index (χ1v) is 4.59. The maximum atomic E-state index is 5.78. The van der Waals surface area contributed by atoms with E-state index in [1.54, 1.807) is 6.20 Å². The van der Waals surface area contributed by atoms with Crippen LogP contribution in [-0.4, -0.2) is 4.98 Å². The topological polar surface area (TPSA) is 12.9 Å². The molecule has 0 unspecified atom stereocenters. The molecule has 0 fully saturated rings. The SMILES string of the molecule is Cl.ClCc1ncc(I)cc1Cl. The van der Waals surface area contributed by atoms with Crippen molar-refractivity contribution in [2.24, 2.45) is 0 Å². The third-order valence-corrected chi connectivity index (χ3v) is 2.18. The second-order valence-electron chi connectivity index (χ2n) is 1.72. The van der Waals surface area contributed by atoms with Crippen molar-refractivity contribution in [1.29, 1.82) is 0 Å². The van der Waals surface area contributed by atoms with Gasteiger partial charge in [-0.2, -0.15) is 0 Å². The van der Waals surface area contributed by atoms with Crippen molar-refractivity contribution in [3.05, 3.63) is 26.5 Å². The van der Waals surface area contributed by atoms with E-state index in [1.807, 2.05) is 6.07 Å². The Morgan fingerprint density at radius 2 is 2.18 bits per heavy atom. The zero-order chi connectivity index (χ0) is 7.56. The van der Waals surface area contributed by atoms with E-state index in [2.05, 4.69) is 27.6 Å². The Morgan fingerprint density at radius 1 is 1.55 bits per heavy atom. The Labute approximate surface area is 95.0 Å². The molecule has 0 radical (unpaired) electrons. The van der Waals surface area contributed by atoms with Crippen molar-refractivity contribution in [2.75, 3.05) is 0 Å². The summed E-state index contributed by atoms with van der Waals surface area (Å²) in [5, 5.41) is 0.641. The molecule has 0 spiro atoms. The first kappa shape index (κ1) is 11.8. The van der Waals surface area contributed by atoms with E-state index < -0.39 is 0 Å². The lowest BCUT2D eigenvalue weighted by Crippen LogP contribution is -1.86. The monoisotopic (exact) mass is 323 g/mol. The minimum Gasteiger partial charge on any atom is -0.257 e. The highest BCUT2D eigenvalue weighted by Crippen LogP contribution is 2.17. The number of hydrogen-bond acceptors (Lipinski definition) is 1. The van der Waals surface area contributed by atoms with Gasteiger partial charge in [-0.3, -0.25) is 4.98 Å². The summed E-state index contributed by atoms with van der Waals surface area (Å²) in [6.07, 6.45) is 1.74. The second kappa shape index (κ2) is 5.41. The third kappa shape index (κ3) is 3.32. The molecule has 5 heteroatoms. The highest BCUT2D eigenvalue weighted by molar-refractivity contribution is 14.1. The van der Waals surface area contributed by atoms with Crippen LogP contribution in [0.5, 0.6) is 0 Å². The smallest absolute Gasteiger partial charge is 0.0738 e. The van der Waals surface area contributed by atoms with E-state index in [0.29, 0.717) is 10.9 Å². The summed E-state index contributed by atoms with van der Waals surface area (Å²) in [5.41, 5.74) is 0.740. The molecule has 0 saturated heterocycles. The Hall–Kier alpha value is 0.750. The van der Waals surface area contributed by atoms with Crippen LogP contribution in [0.1, 0.15) is 5.69 Å². The Bertz CT molecular complexity index is 241. The molecular weight excluding hydrogens is 319 g/mol. The van der Waals surface area contributed by atoms with Gasteiger partial charge < -0.3 is 0 Å². The number of hydrogen-bond donors (Lipinski definition) is 0. The van der Waals surface area contributed by atoms with Gasteiger partial charge >= 0.3 is 0 Å². The number of alkyl halides is 1. The lowest BCUT2D eigenvalue weighted by atomic mass is 10.4. The van der Waals surface area contributed by atoms with Crippen LogP contribution in [0, 0.1) is 3.57 Å². The van der Waals surface area contributed by atoms with E-state index in [9.17, 15) is 0 Å². The lowest BCUT2D eigenvalue weighted by molar-refractivity contribution is 1.16. The Morgan fingerprint density at radius 3 is 2.64 bits per heavy atom. The summed E-state index contributed by atoms with van der Waals surface area (Å²) >= 11 is 13.5. The van der Waals surface area contributed by atoms with Crippen LogP contribution in [0.3, 0.4) is 0 Å². The van der Waals surface area contributed by atoms with Gasteiger partial charge in [0.05, 0.1) is 16.6 Å². The molecule has 0 aliphatic rings. The fourth-order valence-corrected chi connectivity index (χ4v) is 1.69. The minimum absolute atomic E-state index is 0. The fourth-order valence-electron chi connectivity index (χ4n) is 0.541. The predicted octanol–water partition coefficient (Wildman–Crippen LogP) is 3.50. The van der Waals surface area contributed by atoms with Crippen LogP contribution in [-0.2, 0) is 5.88 Å². The van der Waals surface area contributed by atoms with Gasteiger partial charge in [-0.15, -0.1) is 24.0 Å². The van der Waals surface area contributed by atoms with Crippen molar-refractivity contribution < 1.29 is 0 Å². The Balaban J connectivity index is 0.000001000. The predicted molar refractivity (Wildman–Crippen MR) is 58.8 cm³/mol. The van der Waals surface area contributed by atoms with E-state index >= 15 is 0 Å². The summed E-state index contributed by atoms with van der Waals surface area (Å²) in [5.74, 6) is 0.371. The number of halogens is 4. The number of nitrogens with zero attached hydrogens (tertiary/aromatic N) is 1. The van der Waals surface area contributed by atoms with Gasteiger partial charge in [-0.1, -0.05) is 11.6 Å². The molecule has 0 amide bonds. The van der Waals surface area contributed by atoms with Crippen LogP contribution < -0.4 is 0 Å². The molecule has 0 saturated carbocycles. The van der Waals surface area contributed by atoms with Crippen molar-refractivity contribution in [1.82, 2.24) is 4.98 Å². The molecule has 1 nitrogen and oxygen atoms in total. The van der Waals surface area contributed by atoms with Crippen LogP contribution in [0.2, 0.25) is 5.02 Å². The van der Waals surface area contributed by atoms with Crippen LogP contribution >= 0.6 is 58.2 Å². The number of rotatable bonds is 1. The van der Waals surface area contributed by atoms with Crippen LogP contribution in [0.15, 0.2) is 12.3 Å². The molecule has 0 aliphatic carbocycles. The summed E-state index contributed by atoms with van der Waals surface area (Å²) in [4.78, 5) is 4.02. The van der Waals surface area contributed by atoms with Crippen molar-refractivity contribution >= 4 is 58.2 Å². The zero-order valence-electron chi connectivity index (χ0n) is 5.35. The minimum atomic E-state index is 0. The summed E-state index contributed by atoms with van der Waals surface area (Å²) in [6.45, 7) is 0. The highest BCUT2D eigenvalue weighted by Gasteiger charge is 1.99. The van der Waals surface area contributed by atoms with Crippen molar-refractivity contribution in [3.63, 3.8) is 0 Å². The standard InChI is InChI=1S/C6H4Cl2IN.ClH/c7-2-6-5(8)1-4(9)3-10-6;/h1,3H,2H2;1H. The van der Waals surface area contributed by atoms with Crippen molar-refractivity contribution in [2.45, 2.75) is 5.88 Å². The van der Waals surface area contributed by atoms with E-state index in [4.69, 9.17) is 23.2 Å². The second-order valence-corrected chi connectivity index (χ2v) is 3.64. The molecule has 1 heterocycles. The van der Waals surface area contributed by atoms with E-state index in [1.165, 1.54) is 0 Å². The number of aromatic nitrogens is 1. The quantitative estimate of drug-likeness (QED) is 0.569. The van der Waals surface area contributed by atoms with Crippen LogP contribution in [0.25, 0.3) is 0 Å². The van der Waals surface area contributed by atoms with Gasteiger partial charge in [-0.25, -0.2) is 0 Å².